The van der Waals surface area contributed by atoms with E-state index in [0.29, 0.717) is 6.54 Å². The number of nitrogens with two attached hydrogens (primary N) is 1. The zero-order chi connectivity index (χ0) is 12.0. The predicted octanol–water partition coefficient (Wildman–Crippen LogP) is 1.59. The molecule has 0 atom stereocenters. The molecule has 2 N–H and O–H groups in total. The van der Waals surface area contributed by atoms with E-state index in [2.05, 4.69) is 28.5 Å². The maximum Gasteiger partial charge on any atom is 0.0178 e. The van der Waals surface area contributed by atoms with E-state index in [4.69, 9.17) is 5.73 Å². The number of hydrogen-bond donors (Lipinski definition) is 1. The molecule has 0 unspecified atom stereocenters. The standard InChI is InChI=1S/C7H9N.C5H8N2.Pt/c8-6-7-4-2-1-3-5-7;1-6-3-4-7(2)5-6;/h1-5H,6,8H2;3-4H,1-2H3;. The molecule has 0 spiro atoms. The van der Waals surface area contributed by atoms with Crippen LogP contribution in [0.1, 0.15) is 5.56 Å². The third-order valence-corrected chi connectivity index (χ3v) is 3.73. The van der Waals surface area contributed by atoms with Gasteiger partial charge in [0.25, 0.3) is 0 Å². The summed E-state index contributed by atoms with van der Waals surface area (Å²) in [4.78, 5) is 0. The number of aromatic nitrogens is 2. The zero-order valence-electron chi connectivity index (χ0n) is 9.54. The Kier molecular flexibility index (Phi) is 5.44. The van der Waals surface area contributed by atoms with Gasteiger partial charge in [0.15, 0.2) is 0 Å². The van der Waals surface area contributed by atoms with Crippen LogP contribution in [0.2, 0.25) is 0 Å². The predicted molar refractivity (Wildman–Crippen MR) is 62.0 cm³/mol. The molecule has 1 aromatic heterocycles. The summed E-state index contributed by atoms with van der Waals surface area (Å²) < 4.78 is 5.38. The Bertz CT molecular complexity index is 448. The minimum absolute atomic E-state index is 0.640. The fraction of sp³-hybridized carbons (Fsp3) is 0.250. The Morgan fingerprint density at radius 3 is 1.81 bits per heavy atom. The molecule has 1 heterocycles. The van der Waals surface area contributed by atoms with Gasteiger partial charge >= 0.3 is 58.8 Å². The van der Waals surface area contributed by atoms with E-state index in [1.807, 2.05) is 56.8 Å². The summed E-state index contributed by atoms with van der Waals surface area (Å²) in [6.45, 7) is 0.640. The van der Waals surface area contributed by atoms with Gasteiger partial charge in [-0.25, -0.2) is 0 Å². The molecule has 3 nitrogen and oxygen atoms in total. The van der Waals surface area contributed by atoms with Crippen LogP contribution in [0.4, 0.5) is 0 Å². The Hall–Kier alpha value is -0.922. The molecule has 1 aromatic carbocycles. The van der Waals surface area contributed by atoms with E-state index in [0.717, 1.165) is 0 Å². The van der Waals surface area contributed by atoms with Crippen molar-refractivity contribution in [2.45, 2.75) is 6.54 Å². The Morgan fingerprint density at radius 2 is 1.56 bits per heavy atom. The van der Waals surface area contributed by atoms with Gasteiger partial charge in [0.2, 0.25) is 0 Å². The van der Waals surface area contributed by atoms with Crippen molar-refractivity contribution in [3.8, 4) is 0 Å². The molecule has 90 valence electrons. The second kappa shape index (κ2) is 6.62. The molecule has 2 rings (SSSR count). The van der Waals surface area contributed by atoms with Crippen molar-refractivity contribution < 1.29 is 19.4 Å². The van der Waals surface area contributed by atoms with Crippen LogP contribution in [0.5, 0.6) is 0 Å². The quantitative estimate of drug-likeness (QED) is 0.778. The molecule has 0 bridgehead atoms. The number of benzene rings is 1. The molecule has 0 aliphatic carbocycles. The maximum absolute atomic E-state index is 5.35. The maximum atomic E-state index is 5.35. The number of aryl methyl sites for hydroxylation is 2. The van der Waals surface area contributed by atoms with E-state index >= 15 is 0 Å². The number of rotatable bonds is 1. The van der Waals surface area contributed by atoms with Gasteiger partial charge in [-0.15, -0.1) is 0 Å². The van der Waals surface area contributed by atoms with Gasteiger partial charge in [0.05, 0.1) is 0 Å². The summed E-state index contributed by atoms with van der Waals surface area (Å²) in [5.74, 6) is 0. The zero-order valence-corrected chi connectivity index (χ0v) is 11.8. The van der Waals surface area contributed by atoms with Gasteiger partial charge in [0.1, 0.15) is 0 Å². The molecule has 0 amide bonds. The fourth-order valence-corrected chi connectivity index (χ4v) is 1.52. The fourth-order valence-electron chi connectivity index (χ4n) is 1.18. The Balaban J connectivity index is 0.000000160. The molecule has 4 heteroatoms. The normalized spacial score (nSPS) is 9.56. The van der Waals surface area contributed by atoms with Crippen LogP contribution in [0, 0.1) is 3.80 Å². The molecule has 0 aliphatic heterocycles. The van der Waals surface area contributed by atoms with Gasteiger partial charge in [-0.3, -0.25) is 0 Å². The molecule has 0 fully saturated rings. The van der Waals surface area contributed by atoms with Crippen LogP contribution >= 0.6 is 0 Å². The van der Waals surface area contributed by atoms with Crippen molar-refractivity contribution in [1.29, 1.82) is 0 Å². The van der Waals surface area contributed by atoms with E-state index in [1.165, 1.54) is 9.37 Å². The van der Waals surface area contributed by atoms with Crippen molar-refractivity contribution in [3.63, 3.8) is 0 Å². The van der Waals surface area contributed by atoms with Crippen LogP contribution in [0.15, 0.2) is 42.7 Å². The van der Waals surface area contributed by atoms with Gasteiger partial charge in [-0.05, 0) is 5.56 Å². The Morgan fingerprint density at radius 1 is 1.06 bits per heavy atom. The van der Waals surface area contributed by atoms with Crippen molar-refractivity contribution in [3.05, 3.63) is 52.1 Å². The molecule has 0 radical (unpaired) electrons. The summed E-state index contributed by atoms with van der Waals surface area (Å²) in [5, 5.41) is 0. The first-order valence-corrected chi connectivity index (χ1v) is 6.16. The number of nitrogens with zero attached hydrogens (tertiary/aromatic N) is 2. The van der Waals surface area contributed by atoms with E-state index in [1.54, 1.807) is 0 Å². The molecular formula is C12H17N3Pt. The SMILES string of the molecule is Cn1ccn(C)[c]1=[Pt].NCc1ccccc1. The first-order valence-electron chi connectivity index (χ1n) is 5.02. The second-order valence-corrected chi connectivity index (χ2v) is 4.47. The molecule has 0 saturated carbocycles. The van der Waals surface area contributed by atoms with Gasteiger partial charge in [0, 0.05) is 6.54 Å². The summed E-state index contributed by atoms with van der Waals surface area (Å²) in [7, 11) is 4.06. The first kappa shape index (κ1) is 13.1. The van der Waals surface area contributed by atoms with Crippen LogP contribution in [-0.2, 0) is 40.0 Å². The monoisotopic (exact) mass is 398 g/mol. The third kappa shape index (κ3) is 3.91. The van der Waals surface area contributed by atoms with E-state index < -0.39 is 0 Å². The first-order chi connectivity index (χ1) is 7.65. The largest absolute Gasteiger partial charge is 0.326 e. The van der Waals surface area contributed by atoms with Crippen LogP contribution < -0.4 is 5.73 Å². The Labute approximate surface area is 107 Å². The minimum atomic E-state index is 0.640. The van der Waals surface area contributed by atoms with Crippen LogP contribution in [0.3, 0.4) is 0 Å². The van der Waals surface area contributed by atoms with E-state index in [-0.39, 0.29) is 0 Å². The van der Waals surface area contributed by atoms with Crippen molar-refractivity contribution in [1.82, 2.24) is 9.13 Å². The topological polar surface area (TPSA) is 35.9 Å². The smallest absolute Gasteiger partial charge is 0.0178 e. The summed E-state index contributed by atoms with van der Waals surface area (Å²) >= 11 is 2.27. The van der Waals surface area contributed by atoms with Crippen molar-refractivity contribution in [2.24, 2.45) is 19.8 Å². The molecular weight excluding hydrogens is 381 g/mol. The third-order valence-electron chi connectivity index (χ3n) is 2.13. The van der Waals surface area contributed by atoms with Crippen molar-refractivity contribution >= 4 is 0 Å². The number of imidazole rings is 1. The molecule has 2 aromatic rings. The van der Waals surface area contributed by atoms with Crippen LogP contribution in [0.25, 0.3) is 0 Å². The van der Waals surface area contributed by atoms with E-state index in [9.17, 15) is 0 Å². The van der Waals surface area contributed by atoms with Crippen molar-refractivity contribution in [2.75, 3.05) is 0 Å². The minimum Gasteiger partial charge on any atom is -0.326 e. The van der Waals surface area contributed by atoms with Crippen LogP contribution in [-0.4, -0.2) is 9.13 Å². The molecule has 0 aliphatic rings. The molecule has 16 heavy (non-hydrogen) atoms. The number of hydrogen-bond acceptors (Lipinski definition) is 1. The summed E-state index contributed by atoms with van der Waals surface area (Å²) in [5.41, 5.74) is 6.54. The van der Waals surface area contributed by atoms with Gasteiger partial charge < -0.3 is 5.73 Å². The average Bonchev–Trinajstić information content (AvgIpc) is 2.62. The van der Waals surface area contributed by atoms with Gasteiger partial charge in [-0.1, -0.05) is 30.3 Å². The molecule has 0 saturated heterocycles. The average molecular weight is 398 g/mol. The summed E-state index contributed by atoms with van der Waals surface area (Å²) in [6, 6.07) is 9.99. The second-order valence-electron chi connectivity index (χ2n) is 3.45. The summed E-state index contributed by atoms with van der Waals surface area (Å²) in [6.07, 6.45) is 4.06. The van der Waals surface area contributed by atoms with Gasteiger partial charge in [-0.2, -0.15) is 0 Å².